The third-order valence-electron chi connectivity index (χ3n) is 5.19. The van der Waals surface area contributed by atoms with Gasteiger partial charge in [-0.05, 0) is 23.8 Å². The highest BCUT2D eigenvalue weighted by atomic mass is 16.5. The molecule has 1 aliphatic rings. The van der Waals surface area contributed by atoms with Gasteiger partial charge in [-0.2, -0.15) is 0 Å². The van der Waals surface area contributed by atoms with Crippen LogP contribution in [-0.2, 0) is 11.3 Å². The van der Waals surface area contributed by atoms with Gasteiger partial charge in [-0.25, -0.2) is 4.98 Å². The van der Waals surface area contributed by atoms with Crippen molar-refractivity contribution in [1.29, 1.82) is 0 Å². The van der Waals surface area contributed by atoms with Crippen molar-refractivity contribution in [2.75, 3.05) is 38.3 Å². The topological polar surface area (TPSA) is 63.7 Å². The minimum absolute atomic E-state index is 0.131. The van der Waals surface area contributed by atoms with E-state index in [1.165, 1.54) is 0 Å². The number of anilines is 1. The molecule has 30 heavy (non-hydrogen) atoms. The number of para-hydroxylation sites is 1. The zero-order valence-corrected chi connectivity index (χ0v) is 17.0. The second-order valence-electron chi connectivity index (χ2n) is 7.01. The summed E-state index contributed by atoms with van der Waals surface area (Å²) >= 11 is 0. The minimum atomic E-state index is -0.131. The molecular weight excluding hydrogens is 378 g/mol. The van der Waals surface area contributed by atoms with Gasteiger partial charge in [0.1, 0.15) is 11.6 Å². The van der Waals surface area contributed by atoms with Crippen molar-refractivity contribution in [2.24, 2.45) is 0 Å². The Kier molecular flexibility index (Phi) is 6.25. The molecule has 1 amide bonds. The van der Waals surface area contributed by atoms with Crippen LogP contribution in [0.5, 0.6) is 5.75 Å². The van der Waals surface area contributed by atoms with Gasteiger partial charge in [-0.15, -0.1) is 0 Å². The maximum atomic E-state index is 13.1. The average molecular weight is 403 g/mol. The predicted molar refractivity (Wildman–Crippen MR) is 117 cm³/mol. The molecule has 4 rings (SSSR count). The first kappa shape index (κ1) is 19.9. The van der Waals surface area contributed by atoms with Crippen LogP contribution in [0.15, 0.2) is 66.9 Å². The Bertz CT molecular complexity index is 1020. The number of benzene rings is 2. The largest absolute Gasteiger partial charge is 0.496 e. The smallest absolute Gasteiger partial charge is 0.252 e. The molecule has 0 saturated carbocycles. The van der Waals surface area contributed by atoms with Crippen LogP contribution in [0.2, 0.25) is 0 Å². The molecule has 0 unspecified atom stereocenters. The zero-order chi connectivity index (χ0) is 20.8. The molecule has 154 valence electrons. The number of rotatable bonds is 6. The van der Waals surface area contributed by atoms with E-state index >= 15 is 0 Å². The van der Waals surface area contributed by atoms with E-state index < -0.39 is 0 Å². The molecular formula is C24H25N3O3. The first-order chi connectivity index (χ1) is 14.8. The summed E-state index contributed by atoms with van der Waals surface area (Å²) in [7, 11) is 1.64. The first-order valence-electron chi connectivity index (χ1n) is 10.0. The molecule has 1 fully saturated rings. The van der Waals surface area contributed by atoms with E-state index in [4.69, 9.17) is 9.47 Å². The van der Waals surface area contributed by atoms with Gasteiger partial charge >= 0.3 is 0 Å². The summed E-state index contributed by atoms with van der Waals surface area (Å²) in [6, 6.07) is 19.2. The SMILES string of the molecule is COc1ccccc1-c1ccccc1C(=O)NCc1cccnc1N1CCOCC1. The number of carbonyl (C=O) groups excluding carboxylic acids is 1. The van der Waals surface area contributed by atoms with Crippen LogP contribution in [0.4, 0.5) is 5.82 Å². The number of aromatic nitrogens is 1. The van der Waals surface area contributed by atoms with Crippen LogP contribution < -0.4 is 15.0 Å². The van der Waals surface area contributed by atoms with E-state index in [2.05, 4.69) is 15.2 Å². The van der Waals surface area contributed by atoms with Gasteiger partial charge in [0.25, 0.3) is 5.91 Å². The number of pyridine rings is 1. The quantitative estimate of drug-likeness (QED) is 0.682. The maximum Gasteiger partial charge on any atom is 0.252 e. The Morgan fingerprint density at radius 2 is 1.77 bits per heavy atom. The van der Waals surface area contributed by atoms with Gasteiger partial charge in [0.15, 0.2) is 0 Å². The molecule has 1 aromatic heterocycles. The number of nitrogens with one attached hydrogen (secondary N) is 1. The van der Waals surface area contributed by atoms with E-state index in [9.17, 15) is 4.79 Å². The fourth-order valence-corrected chi connectivity index (χ4v) is 3.68. The Labute approximate surface area is 176 Å². The monoisotopic (exact) mass is 403 g/mol. The van der Waals surface area contributed by atoms with Crippen molar-refractivity contribution in [3.8, 4) is 16.9 Å². The van der Waals surface area contributed by atoms with Crippen molar-refractivity contribution >= 4 is 11.7 Å². The Balaban J connectivity index is 1.55. The fourth-order valence-electron chi connectivity index (χ4n) is 3.68. The summed E-state index contributed by atoms with van der Waals surface area (Å²) in [5.74, 6) is 1.51. The molecule has 0 spiro atoms. The molecule has 1 saturated heterocycles. The number of nitrogens with zero attached hydrogens (tertiary/aromatic N) is 2. The lowest BCUT2D eigenvalue weighted by molar-refractivity contribution is 0.0951. The molecule has 6 heteroatoms. The summed E-state index contributed by atoms with van der Waals surface area (Å²) in [5, 5.41) is 3.06. The number of hydrogen-bond acceptors (Lipinski definition) is 5. The maximum absolute atomic E-state index is 13.1. The van der Waals surface area contributed by atoms with E-state index in [1.807, 2.05) is 60.7 Å². The van der Waals surface area contributed by atoms with E-state index in [0.717, 1.165) is 41.3 Å². The lowest BCUT2D eigenvalue weighted by Gasteiger charge is -2.29. The molecule has 2 heterocycles. The van der Waals surface area contributed by atoms with Crippen LogP contribution in [0.3, 0.4) is 0 Å². The van der Waals surface area contributed by atoms with Crippen molar-refractivity contribution in [3.05, 3.63) is 78.0 Å². The summed E-state index contributed by atoms with van der Waals surface area (Å²) in [6.45, 7) is 3.38. The minimum Gasteiger partial charge on any atom is -0.496 e. The average Bonchev–Trinajstić information content (AvgIpc) is 2.83. The van der Waals surface area contributed by atoms with E-state index in [1.54, 1.807) is 13.3 Å². The third kappa shape index (κ3) is 4.28. The molecule has 0 atom stereocenters. The van der Waals surface area contributed by atoms with Gasteiger partial charge in [0.05, 0.1) is 20.3 Å². The number of amides is 1. The summed E-state index contributed by atoms with van der Waals surface area (Å²) in [6.07, 6.45) is 1.78. The first-order valence-corrected chi connectivity index (χ1v) is 10.0. The number of hydrogen-bond donors (Lipinski definition) is 1. The number of ether oxygens (including phenoxy) is 2. The van der Waals surface area contributed by atoms with Crippen molar-refractivity contribution in [1.82, 2.24) is 10.3 Å². The number of morpholine rings is 1. The second-order valence-corrected chi connectivity index (χ2v) is 7.01. The van der Waals surface area contributed by atoms with Crippen LogP contribution in [-0.4, -0.2) is 44.3 Å². The lowest BCUT2D eigenvalue weighted by atomic mass is 9.98. The number of methoxy groups -OCH3 is 1. The summed E-state index contributed by atoms with van der Waals surface area (Å²) in [5.41, 5.74) is 3.33. The van der Waals surface area contributed by atoms with Crippen LogP contribution in [0.25, 0.3) is 11.1 Å². The van der Waals surface area contributed by atoms with E-state index in [-0.39, 0.29) is 5.91 Å². The Morgan fingerprint density at radius 3 is 2.57 bits per heavy atom. The normalized spacial score (nSPS) is 13.7. The highest BCUT2D eigenvalue weighted by Gasteiger charge is 2.18. The highest BCUT2D eigenvalue weighted by Crippen LogP contribution is 2.32. The molecule has 1 N–H and O–H groups in total. The second kappa shape index (κ2) is 9.41. The Morgan fingerprint density at radius 1 is 1.03 bits per heavy atom. The van der Waals surface area contributed by atoms with Crippen molar-refractivity contribution < 1.29 is 14.3 Å². The van der Waals surface area contributed by atoms with Gasteiger partial charge in [0, 0.05) is 42.5 Å². The molecule has 3 aromatic rings. The Hall–Kier alpha value is -3.38. The molecule has 0 bridgehead atoms. The highest BCUT2D eigenvalue weighted by molar-refractivity contribution is 6.01. The molecule has 2 aromatic carbocycles. The number of carbonyl (C=O) groups is 1. The van der Waals surface area contributed by atoms with E-state index in [0.29, 0.717) is 25.3 Å². The fraction of sp³-hybridized carbons (Fsp3) is 0.250. The van der Waals surface area contributed by atoms with Crippen LogP contribution in [0.1, 0.15) is 15.9 Å². The van der Waals surface area contributed by atoms with Crippen LogP contribution in [0, 0.1) is 0 Å². The molecule has 0 radical (unpaired) electrons. The molecule has 1 aliphatic heterocycles. The van der Waals surface area contributed by atoms with Crippen molar-refractivity contribution in [3.63, 3.8) is 0 Å². The molecule has 6 nitrogen and oxygen atoms in total. The van der Waals surface area contributed by atoms with Crippen molar-refractivity contribution in [2.45, 2.75) is 6.54 Å². The zero-order valence-electron chi connectivity index (χ0n) is 17.0. The molecule has 0 aliphatic carbocycles. The predicted octanol–water partition coefficient (Wildman–Crippen LogP) is 3.52. The van der Waals surface area contributed by atoms with Gasteiger partial charge in [-0.3, -0.25) is 4.79 Å². The third-order valence-corrected chi connectivity index (χ3v) is 5.19. The summed E-state index contributed by atoms with van der Waals surface area (Å²) in [4.78, 5) is 19.8. The van der Waals surface area contributed by atoms with Gasteiger partial charge < -0.3 is 19.7 Å². The van der Waals surface area contributed by atoms with Crippen LogP contribution >= 0.6 is 0 Å². The lowest BCUT2D eigenvalue weighted by Crippen LogP contribution is -2.37. The standard InChI is InChI=1S/C24H25N3O3/c1-29-22-11-5-4-9-20(22)19-8-2-3-10-21(19)24(28)26-17-18-7-6-12-25-23(18)27-13-15-30-16-14-27/h2-12H,13-17H2,1H3,(H,26,28). The van der Waals surface area contributed by atoms with Gasteiger partial charge in [-0.1, -0.05) is 42.5 Å². The van der Waals surface area contributed by atoms with Gasteiger partial charge in [0.2, 0.25) is 0 Å². The summed E-state index contributed by atoms with van der Waals surface area (Å²) < 4.78 is 10.9.